The average molecular weight is 137 g/mol. The van der Waals surface area contributed by atoms with Crippen LogP contribution in [-0.2, 0) is 14.3 Å². The summed E-state index contributed by atoms with van der Waals surface area (Å²) in [7, 11) is 0. The largest absolute Gasteiger partial charge is 0.467 e. The van der Waals surface area contributed by atoms with Gasteiger partial charge in [0.1, 0.15) is 0 Å². The SMILES string of the molecule is O=COCCC(=O)Cl. The third kappa shape index (κ3) is 5.43. The predicted molar refractivity (Wildman–Crippen MR) is 27.5 cm³/mol. The van der Waals surface area contributed by atoms with Crippen molar-refractivity contribution in [2.75, 3.05) is 6.61 Å². The third-order valence-corrected chi connectivity index (χ3v) is 0.673. The molecule has 0 saturated heterocycles. The zero-order valence-electron chi connectivity index (χ0n) is 4.09. The summed E-state index contributed by atoms with van der Waals surface area (Å²) in [5.74, 6) is 0. The summed E-state index contributed by atoms with van der Waals surface area (Å²) in [5.41, 5.74) is 0. The molecule has 0 aliphatic heterocycles. The minimum Gasteiger partial charge on any atom is -0.467 e. The van der Waals surface area contributed by atoms with Gasteiger partial charge in [-0.15, -0.1) is 0 Å². The monoisotopic (exact) mass is 136 g/mol. The number of hydrogen-bond donors (Lipinski definition) is 0. The summed E-state index contributed by atoms with van der Waals surface area (Å²) in [6.07, 6.45) is 0.0836. The zero-order chi connectivity index (χ0) is 6.41. The summed E-state index contributed by atoms with van der Waals surface area (Å²) in [6, 6.07) is 0. The predicted octanol–water partition coefficient (Wildman–Crippen LogP) is 0.315. The van der Waals surface area contributed by atoms with E-state index >= 15 is 0 Å². The van der Waals surface area contributed by atoms with E-state index in [0.29, 0.717) is 0 Å². The van der Waals surface area contributed by atoms with Gasteiger partial charge in [0.25, 0.3) is 6.47 Å². The van der Waals surface area contributed by atoms with Gasteiger partial charge in [0.15, 0.2) is 0 Å². The van der Waals surface area contributed by atoms with Crippen molar-refractivity contribution in [3.05, 3.63) is 0 Å². The smallest absolute Gasteiger partial charge is 0.293 e. The molecule has 0 aliphatic carbocycles. The maximum atomic E-state index is 9.89. The molecule has 0 amide bonds. The van der Waals surface area contributed by atoms with Crippen LogP contribution in [0.3, 0.4) is 0 Å². The molecule has 0 aliphatic rings. The van der Waals surface area contributed by atoms with E-state index in [1.165, 1.54) is 0 Å². The molecule has 0 aromatic heterocycles. The van der Waals surface area contributed by atoms with Crippen molar-refractivity contribution in [3.8, 4) is 0 Å². The van der Waals surface area contributed by atoms with E-state index in [0.717, 1.165) is 0 Å². The fourth-order valence-corrected chi connectivity index (χ4v) is 0.264. The Morgan fingerprint density at radius 1 is 1.75 bits per heavy atom. The Hall–Kier alpha value is -0.570. The number of halogens is 1. The standard InChI is InChI=1S/C4H5ClO3/c5-4(7)1-2-8-3-6/h3H,1-2H2. The molecule has 0 atom stereocenters. The van der Waals surface area contributed by atoms with Crippen molar-refractivity contribution in [1.29, 1.82) is 0 Å². The van der Waals surface area contributed by atoms with Crippen LogP contribution in [0.25, 0.3) is 0 Å². The third-order valence-electron chi connectivity index (χ3n) is 0.485. The highest BCUT2D eigenvalue weighted by Crippen LogP contribution is 1.86. The summed E-state index contributed by atoms with van der Waals surface area (Å²) in [6.45, 7) is 0.353. The zero-order valence-corrected chi connectivity index (χ0v) is 4.85. The molecule has 0 aromatic carbocycles. The Kier molecular flexibility index (Phi) is 4.26. The molecule has 0 unspecified atom stereocenters. The Morgan fingerprint density at radius 2 is 2.38 bits per heavy atom. The van der Waals surface area contributed by atoms with Gasteiger partial charge in [-0.25, -0.2) is 0 Å². The molecule has 3 nitrogen and oxygen atoms in total. The van der Waals surface area contributed by atoms with Crippen molar-refractivity contribution < 1.29 is 14.3 Å². The van der Waals surface area contributed by atoms with Crippen molar-refractivity contribution in [1.82, 2.24) is 0 Å². The van der Waals surface area contributed by atoms with E-state index in [-0.39, 0.29) is 19.5 Å². The molecular weight excluding hydrogens is 131 g/mol. The lowest BCUT2D eigenvalue weighted by Crippen LogP contribution is -1.95. The second-order valence-electron chi connectivity index (χ2n) is 1.07. The number of carbonyl (C=O) groups excluding carboxylic acids is 2. The van der Waals surface area contributed by atoms with E-state index in [9.17, 15) is 9.59 Å². The summed E-state index contributed by atoms with van der Waals surface area (Å²) < 4.78 is 4.16. The fourth-order valence-electron chi connectivity index (χ4n) is 0.187. The number of ether oxygens (including phenoxy) is 1. The van der Waals surface area contributed by atoms with Crippen LogP contribution in [0.1, 0.15) is 6.42 Å². The molecule has 0 aromatic rings. The molecule has 0 rings (SSSR count). The maximum absolute atomic E-state index is 9.89. The van der Waals surface area contributed by atoms with Crippen molar-refractivity contribution in [2.45, 2.75) is 6.42 Å². The molecule has 0 saturated carbocycles. The maximum Gasteiger partial charge on any atom is 0.293 e. The van der Waals surface area contributed by atoms with Gasteiger partial charge >= 0.3 is 0 Å². The molecule has 0 spiro atoms. The van der Waals surface area contributed by atoms with Crippen LogP contribution < -0.4 is 0 Å². The minimum absolute atomic E-state index is 0.0752. The highest BCUT2D eigenvalue weighted by Gasteiger charge is 1.92. The quantitative estimate of drug-likeness (QED) is 0.318. The van der Waals surface area contributed by atoms with E-state index in [1.807, 2.05) is 0 Å². The Balaban J connectivity index is 2.93. The second kappa shape index (κ2) is 4.59. The van der Waals surface area contributed by atoms with Crippen LogP contribution in [0.15, 0.2) is 0 Å². The highest BCUT2D eigenvalue weighted by molar-refractivity contribution is 6.63. The van der Waals surface area contributed by atoms with Gasteiger partial charge in [-0.2, -0.15) is 0 Å². The first-order valence-electron chi connectivity index (χ1n) is 2.01. The number of rotatable bonds is 4. The summed E-state index contributed by atoms with van der Waals surface area (Å²) in [4.78, 5) is 19.3. The first-order chi connectivity index (χ1) is 3.77. The van der Waals surface area contributed by atoms with E-state index < -0.39 is 5.24 Å². The number of hydrogen-bond acceptors (Lipinski definition) is 3. The second-order valence-corrected chi connectivity index (χ2v) is 1.49. The van der Waals surface area contributed by atoms with E-state index in [2.05, 4.69) is 4.74 Å². The first kappa shape index (κ1) is 7.43. The first-order valence-corrected chi connectivity index (χ1v) is 2.38. The molecule has 0 radical (unpaired) electrons. The van der Waals surface area contributed by atoms with Crippen molar-refractivity contribution >= 4 is 23.3 Å². The Labute approximate surface area is 51.6 Å². The van der Waals surface area contributed by atoms with Crippen molar-refractivity contribution in [3.63, 3.8) is 0 Å². The Bertz CT molecular complexity index is 91.3. The van der Waals surface area contributed by atoms with Gasteiger partial charge in [0, 0.05) is 0 Å². The van der Waals surface area contributed by atoms with E-state index in [4.69, 9.17) is 11.6 Å². The van der Waals surface area contributed by atoms with E-state index in [1.54, 1.807) is 0 Å². The van der Waals surface area contributed by atoms with Gasteiger partial charge < -0.3 is 4.74 Å². The summed E-state index contributed by atoms with van der Waals surface area (Å²) >= 11 is 4.88. The molecular formula is C4H5ClO3. The van der Waals surface area contributed by atoms with Crippen LogP contribution in [0.5, 0.6) is 0 Å². The van der Waals surface area contributed by atoms with Crippen LogP contribution in [0, 0.1) is 0 Å². The fraction of sp³-hybridized carbons (Fsp3) is 0.500. The van der Waals surface area contributed by atoms with Crippen LogP contribution in [-0.4, -0.2) is 18.3 Å². The molecule has 46 valence electrons. The van der Waals surface area contributed by atoms with Crippen LogP contribution in [0.4, 0.5) is 0 Å². The highest BCUT2D eigenvalue weighted by atomic mass is 35.5. The lowest BCUT2D eigenvalue weighted by atomic mass is 10.5. The lowest BCUT2D eigenvalue weighted by Gasteiger charge is -1.89. The molecule has 0 fully saturated rings. The molecule has 0 heterocycles. The molecule has 0 bridgehead atoms. The van der Waals surface area contributed by atoms with Gasteiger partial charge in [0.05, 0.1) is 13.0 Å². The summed E-state index contributed by atoms with van der Waals surface area (Å²) in [5, 5.41) is -0.494. The molecule has 4 heteroatoms. The topological polar surface area (TPSA) is 43.4 Å². The van der Waals surface area contributed by atoms with Gasteiger partial charge in [-0.05, 0) is 11.6 Å². The van der Waals surface area contributed by atoms with Crippen LogP contribution in [0.2, 0.25) is 0 Å². The lowest BCUT2D eigenvalue weighted by molar-refractivity contribution is -0.129. The molecule has 8 heavy (non-hydrogen) atoms. The van der Waals surface area contributed by atoms with Crippen molar-refractivity contribution in [2.24, 2.45) is 0 Å². The number of carbonyl (C=O) groups is 2. The van der Waals surface area contributed by atoms with Gasteiger partial charge in [-0.1, -0.05) is 0 Å². The molecule has 0 N–H and O–H groups in total. The average Bonchev–Trinajstić information content (AvgIpc) is 1.66. The van der Waals surface area contributed by atoms with Crippen LogP contribution >= 0.6 is 11.6 Å². The van der Waals surface area contributed by atoms with Gasteiger partial charge in [0.2, 0.25) is 5.24 Å². The normalized spacial score (nSPS) is 8.12. The Morgan fingerprint density at radius 3 is 2.75 bits per heavy atom. The minimum atomic E-state index is -0.494. The van der Waals surface area contributed by atoms with Gasteiger partial charge in [-0.3, -0.25) is 9.59 Å².